The van der Waals surface area contributed by atoms with Gasteiger partial charge < -0.3 is 25.6 Å². The molecule has 0 saturated carbocycles. The van der Waals surface area contributed by atoms with Crippen molar-refractivity contribution in [2.24, 2.45) is 16.9 Å². The first-order chi connectivity index (χ1) is 12.7. The molecule has 3 rings (SSSR count). The van der Waals surface area contributed by atoms with Crippen LogP contribution in [0.15, 0.2) is 36.5 Å². The first kappa shape index (κ1) is 18.8. The van der Waals surface area contributed by atoms with E-state index in [2.05, 4.69) is 0 Å². The number of rotatable bonds is 3. The molecule has 0 saturated heterocycles. The number of benzene rings is 1. The second-order valence-electron chi connectivity index (χ2n) is 7.56. The minimum atomic E-state index is -0.901. The van der Waals surface area contributed by atoms with E-state index in [1.54, 1.807) is 5.06 Å². The van der Waals surface area contributed by atoms with Crippen LogP contribution in [0.3, 0.4) is 0 Å². The van der Waals surface area contributed by atoms with Gasteiger partial charge in [0.1, 0.15) is 0 Å². The number of nitrogens with two attached hydrogens (primary N) is 2. The normalized spacial score (nSPS) is 17.2. The summed E-state index contributed by atoms with van der Waals surface area (Å²) in [6.45, 7) is 7.02. The van der Waals surface area contributed by atoms with Gasteiger partial charge in [-0.15, -0.1) is 5.06 Å². The third kappa shape index (κ3) is 3.75. The van der Waals surface area contributed by atoms with Gasteiger partial charge in [-0.1, -0.05) is 51.1 Å². The summed E-state index contributed by atoms with van der Waals surface area (Å²) in [5.41, 5.74) is 12.6. The lowest BCUT2D eigenvalue weighted by Gasteiger charge is -2.42. The van der Waals surface area contributed by atoms with Crippen molar-refractivity contribution in [2.45, 2.75) is 33.4 Å². The maximum Gasteiger partial charge on any atom is 0.423 e. The average Bonchev–Trinajstić information content (AvgIpc) is 2.92. The molecule has 2 aromatic rings. The zero-order valence-corrected chi connectivity index (χ0v) is 15.6. The van der Waals surface area contributed by atoms with Gasteiger partial charge in [-0.3, -0.25) is 0 Å². The molecule has 1 atom stereocenters. The molecule has 1 aromatic heterocycles. The summed E-state index contributed by atoms with van der Waals surface area (Å²) in [6.07, 6.45) is 0.148. The molecule has 8 nitrogen and oxygen atoms in total. The molecule has 0 bridgehead atoms. The molecule has 1 aliphatic rings. The van der Waals surface area contributed by atoms with E-state index in [0.717, 1.165) is 11.1 Å². The first-order valence-electron chi connectivity index (χ1n) is 8.68. The van der Waals surface area contributed by atoms with Crippen molar-refractivity contribution in [1.82, 2.24) is 9.63 Å². The molecule has 8 heteroatoms. The molecule has 1 unspecified atom stereocenters. The minimum absolute atomic E-state index is 0.352. The Labute approximate surface area is 157 Å². The SMILES string of the molecule is CC(C)(C)C1c2c(OC(N)=O)c(-c3ccccc3)cn2CCN1OC(N)=O. The second-order valence-corrected chi connectivity index (χ2v) is 7.56. The van der Waals surface area contributed by atoms with Crippen LogP contribution in [-0.4, -0.2) is 28.4 Å². The second kappa shape index (κ2) is 6.96. The molecule has 0 radical (unpaired) electrons. The van der Waals surface area contributed by atoms with Crippen molar-refractivity contribution < 1.29 is 19.2 Å². The average molecular weight is 372 g/mol. The van der Waals surface area contributed by atoms with E-state index >= 15 is 0 Å². The van der Waals surface area contributed by atoms with Crippen molar-refractivity contribution in [3.63, 3.8) is 0 Å². The Morgan fingerprint density at radius 2 is 1.74 bits per heavy atom. The summed E-state index contributed by atoms with van der Waals surface area (Å²) in [5, 5.41) is 1.54. The highest BCUT2D eigenvalue weighted by Crippen LogP contribution is 2.48. The van der Waals surface area contributed by atoms with Crippen molar-refractivity contribution in [2.75, 3.05) is 6.54 Å². The van der Waals surface area contributed by atoms with E-state index in [1.165, 1.54) is 0 Å². The maximum absolute atomic E-state index is 11.6. The maximum atomic E-state index is 11.6. The molecule has 0 fully saturated rings. The standard InChI is InChI=1S/C19H24N4O4/c1-19(2,3)16-14-15(26-17(20)24)13(12-7-5-4-6-8-12)11-22(14)9-10-23(16)27-18(21)25/h4-8,11,16H,9-10H2,1-3H3,(H2,20,24)(H2,21,25). The third-order valence-electron chi connectivity index (χ3n) is 4.49. The predicted molar refractivity (Wildman–Crippen MR) is 99.6 cm³/mol. The summed E-state index contributed by atoms with van der Waals surface area (Å²) >= 11 is 0. The van der Waals surface area contributed by atoms with Gasteiger partial charge in [0.05, 0.1) is 18.3 Å². The van der Waals surface area contributed by atoms with Crippen molar-refractivity contribution >= 4 is 12.2 Å². The lowest BCUT2D eigenvalue weighted by Crippen LogP contribution is -2.45. The largest absolute Gasteiger partial charge is 0.423 e. The van der Waals surface area contributed by atoms with Crippen LogP contribution in [0.1, 0.15) is 32.5 Å². The third-order valence-corrected chi connectivity index (χ3v) is 4.49. The number of hydroxylamine groups is 2. The predicted octanol–water partition coefficient (Wildman–Crippen LogP) is 3.03. The molecule has 1 aromatic carbocycles. The molecular formula is C19H24N4O4. The van der Waals surface area contributed by atoms with Crippen LogP contribution in [0.25, 0.3) is 11.1 Å². The Kier molecular flexibility index (Phi) is 4.84. The van der Waals surface area contributed by atoms with Crippen LogP contribution in [-0.2, 0) is 11.4 Å². The lowest BCUT2D eigenvalue weighted by molar-refractivity contribution is -0.168. The van der Waals surface area contributed by atoms with Crippen LogP contribution in [0.4, 0.5) is 9.59 Å². The molecule has 144 valence electrons. The molecule has 2 heterocycles. The Balaban J connectivity index is 2.20. The number of amides is 2. The lowest BCUT2D eigenvalue weighted by atomic mass is 9.83. The van der Waals surface area contributed by atoms with E-state index in [1.807, 2.05) is 61.9 Å². The molecular weight excluding hydrogens is 348 g/mol. The first-order valence-corrected chi connectivity index (χ1v) is 8.68. The van der Waals surface area contributed by atoms with Crippen molar-refractivity contribution in [3.05, 3.63) is 42.2 Å². The van der Waals surface area contributed by atoms with Crippen LogP contribution < -0.4 is 16.2 Å². The molecule has 4 N–H and O–H groups in total. The van der Waals surface area contributed by atoms with Crippen LogP contribution in [0.2, 0.25) is 0 Å². The number of ether oxygens (including phenoxy) is 1. The summed E-state index contributed by atoms with van der Waals surface area (Å²) in [5.74, 6) is 0.367. The Bertz CT molecular complexity index is 855. The fourth-order valence-electron chi connectivity index (χ4n) is 3.58. The van der Waals surface area contributed by atoms with Gasteiger partial charge >= 0.3 is 12.2 Å². The molecule has 1 aliphatic heterocycles. The smallest absolute Gasteiger partial charge is 0.408 e. The molecule has 2 amide bonds. The highest BCUT2D eigenvalue weighted by atomic mass is 16.7. The van der Waals surface area contributed by atoms with Gasteiger partial charge in [-0.2, -0.15) is 0 Å². The number of fused-ring (bicyclic) bond motifs is 1. The van der Waals surface area contributed by atoms with Gasteiger partial charge in [0.2, 0.25) is 0 Å². The summed E-state index contributed by atoms with van der Waals surface area (Å²) in [4.78, 5) is 28.3. The Morgan fingerprint density at radius 3 is 2.30 bits per heavy atom. The van der Waals surface area contributed by atoms with Gasteiger partial charge in [-0.05, 0) is 11.0 Å². The summed E-state index contributed by atoms with van der Waals surface area (Å²) < 4.78 is 7.45. The fourth-order valence-corrected chi connectivity index (χ4v) is 3.58. The van der Waals surface area contributed by atoms with Gasteiger partial charge in [0.15, 0.2) is 5.75 Å². The monoisotopic (exact) mass is 372 g/mol. The molecule has 0 spiro atoms. The van der Waals surface area contributed by atoms with Crippen molar-refractivity contribution in [3.8, 4) is 16.9 Å². The number of nitrogens with zero attached hydrogens (tertiary/aromatic N) is 2. The highest BCUT2D eigenvalue weighted by molar-refractivity contribution is 5.78. The number of primary amides is 2. The van der Waals surface area contributed by atoms with Crippen LogP contribution in [0, 0.1) is 5.41 Å². The van der Waals surface area contributed by atoms with Gasteiger partial charge in [0.25, 0.3) is 0 Å². The number of carbonyl (C=O) groups is 2. The number of hydrogen-bond acceptors (Lipinski definition) is 5. The number of hydrogen-bond donors (Lipinski definition) is 2. The van der Waals surface area contributed by atoms with Gasteiger partial charge in [0, 0.05) is 18.3 Å². The number of carbonyl (C=O) groups excluding carboxylic acids is 2. The Hall–Kier alpha value is -3.00. The highest BCUT2D eigenvalue weighted by Gasteiger charge is 2.42. The quantitative estimate of drug-likeness (QED) is 0.860. The fraction of sp³-hybridized carbons (Fsp3) is 0.368. The number of aromatic nitrogens is 1. The van der Waals surface area contributed by atoms with Crippen molar-refractivity contribution in [1.29, 1.82) is 0 Å². The van der Waals surface area contributed by atoms with Crippen LogP contribution >= 0.6 is 0 Å². The Morgan fingerprint density at radius 1 is 1.07 bits per heavy atom. The van der Waals surface area contributed by atoms with E-state index in [0.29, 0.717) is 24.5 Å². The van der Waals surface area contributed by atoms with Crippen LogP contribution in [0.5, 0.6) is 5.75 Å². The zero-order chi connectivity index (χ0) is 19.8. The van der Waals surface area contributed by atoms with E-state index in [9.17, 15) is 9.59 Å². The van der Waals surface area contributed by atoms with Gasteiger partial charge in [-0.25, -0.2) is 9.59 Å². The van der Waals surface area contributed by atoms with E-state index in [-0.39, 0.29) is 11.5 Å². The summed E-state index contributed by atoms with van der Waals surface area (Å²) in [7, 11) is 0. The summed E-state index contributed by atoms with van der Waals surface area (Å²) in [6, 6.07) is 9.20. The van der Waals surface area contributed by atoms with E-state index < -0.39 is 12.2 Å². The van der Waals surface area contributed by atoms with E-state index in [4.69, 9.17) is 21.0 Å². The topological polar surface area (TPSA) is 113 Å². The molecule has 27 heavy (non-hydrogen) atoms. The molecule has 0 aliphatic carbocycles. The zero-order valence-electron chi connectivity index (χ0n) is 15.6. The minimum Gasteiger partial charge on any atom is -0.408 e.